The maximum atomic E-state index is 13.2. The van der Waals surface area contributed by atoms with Gasteiger partial charge >= 0.3 is 12.1 Å². The van der Waals surface area contributed by atoms with E-state index in [1.165, 1.54) is 7.05 Å². The molecule has 0 aliphatic rings. The van der Waals surface area contributed by atoms with E-state index in [1.54, 1.807) is 18.2 Å². The summed E-state index contributed by atoms with van der Waals surface area (Å²) in [6, 6.07) is 13.5. The van der Waals surface area contributed by atoms with Gasteiger partial charge in [0.05, 0.1) is 5.69 Å². The van der Waals surface area contributed by atoms with Gasteiger partial charge in [0.1, 0.15) is 6.54 Å². The van der Waals surface area contributed by atoms with Gasteiger partial charge in [0.2, 0.25) is 5.95 Å². The van der Waals surface area contributed by atoms with E-state index in [0.29, 0.717) is 5.56 Å². The number of anilines is 1. The van der Waals surface area contributed by atoms with Crippen LogP contribution in [0.25, 0.3) is 22.0 Å². The number of carboxylic acids is 1. The monoisotopic (exact) mass is 361 g/mol. The average molecular weight is 361 g/mol. The van der Waals surface area contributed by atoms with Crippen LogP contribution in [0, 0.1) is 0 Å². The molecule has 0 saturated carbocycles. The van der Waals surface area contributed by atoms with Crippen molar-refractivity contribution in [2.24, 2.45) is 0 Å². The van der Waals surface area contributed by atoms with Crippen LogP contribution in [0.15, 0.2) is 48.5 Å². The van der Waals surface area contributed by atoms with Crippen molar-refractivity contribution in [3.8, 4) is 11.3 Å². The fourth-order valence-corrected chi connectivity index (χ4v) is 2.52. The van der Waals surface area contributed by atoms with Crippen LogP contribution in [0.5, 0.6) is 0 Å². The summed E-state index contributed by atoms with van der Waals surface area (Å²) < 4.78 is 39.7. The summed E-state index contributed by atoms with van der Waals surface area (Å²) in [6.45, 7) is -0.515. The number of nitrogens with zero attached hydrogens (tertiary/aromatic N) is 3. The van der Waals surface area contributed by atoms with Crippen LogP contribution in [-0.4, -0.2) is 34.6 Å². The molecule has 1 aromatic heterocycles. The summed E-state index contributed by atoms with van der Waals surface area (Å²) >= 11 is 0. The quantitative estimate of drug-likeness (QED) is 0.765. The van der Waals surface area contributed by atoms with Gasteiger partial charge in [0.25, 0.3) is 0 Å². The summed E-state index contributed by atoms with van der Waals surface area (Å²) in [6.07, 6.45) is -4.67. The van der Waals surface area contributed by atoms with Crippen LogP contribution in [0.1, 0.15) is 5.69 Å². The first-order valence-electron chi connectivity index (χ1n) is 7.62. The lowest BCUT2D eigenvalue weighted by Crippen LogP contribution is -2.28. The maximum Gasteiger partial charge on any atom is 0.433 e. The Labute approximate surface area is 146 Å². The fraction of sp³-hybridized carbons (Fsp3) is 0.167. The second-order valence-corrected chi connectivity index (χ2v) is 5.75. The Bertz CT molecular complexity index is 973. The van der Waals surface area contributed by atoms with E-state index < -0.39 is 24.4 Å². The number of aromatic nitrogens is 2. The zero-order valence-corrected chi connectivity index (χ0v) is 13.7. The molecule has 0 atom stereocenters. The molecule has 0 saturated heterocycles. The van der Waals surface area contributed by atoms with Crippen LogP contribution in [0.2, 0.25) is 0 Å². The number of carboxylic acid groups (broad SMARTS) is 1. The summed E-state index contributed by atoms with van der Waals surface area (Å²) in [5, 5.41) is 10.7. The number of benzene rings is 2. The molecule has 3 aromatic rings. The lowest BCUT2D eigenvalue weighted by atomic mass is 10.0. The first-order valence-corrected chi connectivity index (χ1v) is 7.62. The smallest absolute Gasteiger partial charge is 0.433 e. The van der Waals surface area contributed by atoms with Crippen LogP contribution in [0.3, 0.4) is 0 Å². The Morgan fingerprint density at radius 2 is 1.77 bits per heavy atom. The molecule has 0 unspecified atom stereocenters. The van der Waals surface area contributed by atoms with Gasteiger partial charge in [-0.25, -0.2) is 9.97 Å². The molecule has 0 bridgehead atoms. The molecule has 1 heterocycles. The highest BCUT2D eigenvalue weighted by atomic mass is 19.4. The number of rotatable bonds is 4. The van der Waals surface area contributed by atoms with E-state index in [2.05, 4.69) is 9.97 Å². The molecule has 26 heavy (non-hydrogen) atoms. The Morgan fingerprint density at radius 3 is 2.42 bits per heavy atom. The highest BCUT2D eigenvalue weighted by molar-refractivity contribution is 5.86. The topological polar surface area (TPSA) is 66.3 Å². The molecule has 8 heteroatoms. The number of carbonyl (C=O) groups is 1. The Hall–Kier alpha value is -3.16. The molecule has 0 aliphatic heterocycles. The third-order valence-electron chi connectivity index (χ3n) is 3.76. The molecular formula is C18H14F3N3O2. The number of alkyl halides is 3. The van der Waals surface area contributed by atoms with Gasteiger partial charge < -0.3 is 10.0 Å². The molecule has 2 aromatic carbocycles. The van der Waals surface area contributed by atoms with Gasteiger partial charge in [0, 0.05) is 12.6 Å². The number of hydrogen-bond donors (Lipinski definition) is 1. The summed E-state index contributed by atoms with van der Waals surface area (Å²) in [5.74, 6) is -1.49. The average Bonchev–Trinajstić information content (AvgIpc) is 2.59. The molecule has 0 radical (unpaired) electrons. The van der Waals surface area contributed by atoms with Crippen molar-refractivity contribution < 1.29 is 23.1 Å². The molecule has 0 amide bonds. The van der Waals surface area contributed by atoms with Crippen LogP contribution < -0.4 is 4.90 Å². The first-order chi connectivity index (χ1) is 12.2. The predicted octanol–water partition coefficient (Wildman–Crippen LogP) is 3.84. The second kappa shape index (κ2) is 6.62. The first kappa shape index (κ1) is 17.7. The van der Waals surface area contributed by atoms with E-state index in [1.807, 2.05) is 24.3 Å². The van der Waals surface area contributed by atoms with E-state index in [9.17, 15) is 18.0 Å². The number of hydrogen-bond acceptors (Lipinski definition) is 4. The van der Waals surface area contributed by atoms with Crippen LogP contribution in [0.4, 0.5) is 19.1 Å². The number of halogens is 3. The molecule has 134 valence electrons. The van der Waals surface area contributed by atoms with Crippen molar-refractivity contribution in [2.45, 2.75) is 6.18 Å². The van der Waals surface area contributed by atoms with Crippen molar-refractivity contribution in [3.05, 3.63) is 54.2 Å². The Morgan fingerprint density at radius 1 is 1.08 bits per heavy atom. The molecule has 0 spiro atoms. The number of aliphatic carboxylic acids is 1. The van der Waals surface area contributed by atoms with E-state index in [-0.39, 0.29) is 11.6 Å². The molecule has 0 aliphatic carbocycles. The van der Waals surface area contributed by atoms with Crippen molar-refractivity contribution in [3.63, 3.8) is 0 Å². The lowest BCUT2D eigenvalue weighted by molar-refractivity contribution is -0.141. The van der Waals surface area contributed by atoms with Gasteiger partial charge in [-0.05, 0) is 22.9 Å². The normalized spacial score (nSPS) is 11.5. The Kier molecular flexibility index (Phi) is 4.50. The van der Waals surface area contributed by atoms with Crippen LogP contribution >= 0.6 is 0 Å². The van der Waals surface area contributed by atoms with Crippen molar-refractivity contribution in [2.75, 3.05) is 18.5 Å². The van der Waals surface area contributed by atoms with E-state index in [0.717, 1.165) is 21.7 Å². The van der Waals surface area contributed by atoms with Crippen molar-refractivity contribution in [1.29, 1.82) is 0 Å². The van der Waals surface area contributed by atoms with Gasteiger partial charge in [-0.15, -0.1) is 0 Å². The van der Waals surface area contributed by atoms with E-state index >= 15 is 0 Å². The molecule has 5 nitrogen and oxygen atoms in total. The molecule has 1 N–H and O–H groups in total. The molecule has 0 fully saturated rings. The molecular weight excluding hydrogens is 347 g/mol. The number of likely N-dealkylation sites (N-methyl/N-ethyl adjacent to an activating group) is 1. The molecule has 3 rings (SSSR count). The lowest BCUT2D eigenvalue weighted by Gasteiger charge is -2.17. The highest BCUT2D eigenvalue weighted by Crippen LogP contribution is 2.32. The predicted molar refractivity (Wildman–Crippen MR) is 90.9 cm³/mol. The van der Waals surface area contributed by atoms with E-state index in [4.69, 9.17) is 5.11 Å². The third kappa shape index (κ3) is 3.74. The largest absolute Gasteiger partial charge is 0.480 e. The van der Waals surface area contributed by atoms with Gasteiger partial charge in [0.15, 0.2) is 5.69 Å². The van der Waals surface area contributed by atoms with Gasteiger partial charge in [-0.2, -0.15) is 13.2 Å². The number of fused-ring (bicyclic) bond motifs is 1. The van der Waals surface area contributed by atoms with Crippen LogP contribution in [-0.2, 0) is 11.0 Å². The minimum absolute atomic E-state index is 0.0744. The maximum absolute atomic E-state index is 13.2. The third-order valence-corrected chi connectivity index (χ3v) is 3.76. The Balaban J connectivity index is 2.13. The summed E-state index contributed by atoms with van der Waals surface area (Å²) in [7, 11) is 1.33. The summed E-state index contributed by atoms with van der Waals surface area (Å²) in [4.78, 5) is 19.5. The van der Waals surface area contributed by atoms with Crippen molar-refractivity contribution in [1.82, 2.24) is 9.97 Å². The minimum Gasteiger partial charge on any atom is -0.480 e. The fourth-order valence-electron chi connectivity index (χ4n) is 2.52. The van der Waals surface area contributed by atoms with Gasteiger partial charge in [-0.3, -0.25) is 4.79 Å². The minimum atomic E-state index is -4.67. The zero-order chi connectivity index (χ0) is 18.9. The second-order valence-electron chi connectivity index (χ2n) is 5.75. The zero-order valence-electron chi connectivity index (χ0n) is 13.7. The highest BCUT2D eigenvalue weighted by Gasteiger charge is 2.34. The standard InChI is InChI=1S/C18H14F3N3O2/c1-24(10-16(25)26)17-22-14(9-15(23-17)18(19,20)21)13-7-6-11-4-2-3-5-12(11)8-13/h2-9H,10H2,1H3,(H,25,26). The van der Waals surface area contributed by atoms with Crippen molar-refractivity contribution >= 4 is 22.7 Å². The summed E-state index contributed by atoms with van der Waals surface area (Å²) in [5.41, 5.74) is -0.560. The SMILES string of the molecule is CN(CC(=O)O)c1nc(-c2ccc3ccccc3c2)cc(C(F)(F)F)n1. The van der Waals surface area contributed by atoms with Gasteiger partial charge in [-0.1, -0.05) is 36.4 Å².